The Morgan fingerprint density at radius 3 is 2.33 bits per heavy atom. The van der Waals surface area contributed by atoms with E-state index in [1.807, 2.05) is 38.1 Å². The normalized spacial score (nSPS) is 11.4. The summed E-state index contributed by atoms with van der Waals surface area (Å²) in [6, 6.07) is 17.7. The number of rotatable bonds is 8. The Bertz CT molecular complexity index is 1370. The SMILES string of the molecule is CC(C)CN(Cc1cccc(CN)c1)C(=O)C(=O)Nc1ccc(-c2ccccc2S(C)(=O)=O)cc1F. The molecule has 190 valence electrons. The lowest BCUT2D eigenvalue weighted by atomic mass is 10.0. The molecule has 0 aliphatic heterocycles. The van der Waals surface area contributed by atoms with Gasteiger partial charge in [-0.05, 0) is 40.8 Å². The Morgan fingerprint density at radius 1 is 1.00 bits per heavy atom. The van der Waals surface area contributed by atoms with Crippen molar-refractivity contribution in [3.8, 4) is 11.1 Å². The van der Waals surface area contributed by atoms with Crippen molar-refractivity contribution < 1.29 is 22.4 Å². The largest absolute Gasteiger partial charge is 0.330 e. The minimum absolute atomic E-state index is 0.0689. The average molecular weight is 512 g/mol. The standard InChI is InChI=1S/C27H30FN3O4S/c1-18(2)16-31(17-20-8-6-7-19(13-20)15-29)27(33)26(32)30-24-12-11-21(14-23(24)28)22-9-4-5-10-25(22)36(3,34)35/h4-14,18H,15-17,29H2,1-3H3,(H,30,32). The number of sulfone groups is 1. The molecule has 0 aliphatic rings. The fourth-order valence-electron chi connectivity index (χ4n) is 3.87. The molecule has 0 aliphatic carbocycles. The number of carbonyl (C=O) groups is 2. The monoisotopic (exact) mass is 511 g/mol. The maximum absolute atomic E-state index is 14.9. The van der Waals surface area contributed by atoms with Gasteiger partial charge in [-0.2, -0.15) is 0 Å². The number of nitrogens with two attached hydrogens (primary N) is 1. The molecule has 9 heteroatoms. The third-order valence-electron chi connectivity index (χ3n) is 5.48. The topological polar surface area (TPSA) is 110 Å². The number of anilines is 1. The van der Waals surface area contributed by atoms with Gasteiger partial charge in [0.15, 0.2) is 9.84 Å². The van der Waals surface area contributed by atoms with Crippen LogP contribution in [0, 0.1) is 11.7 Å². The number of carbonyl (C=O) groups excluding carboxylic acids is 2. The smallest absolute Gasteiger partial charge is 0.313 e. The minimum Gasteiger partial charge on any atom is -0.330 e. The summed E-state index contributed by atoms with van der Waals surface area (Å²) >= 11 is 0. The molecule has 3 aromatic rings. The highest BCUT2D eigenvalue weighted by Gasteiger charge is 2.24. The van der Waals surface area contributed by atoms with Crippen LogP contribution in [0.5, 0.6) is 0 Å². The second-order valence-electron chi connectivity index (χ2n) is 9.02. The van der Waals surface area contributed by atoms with Crippen molar-refractivity contribution in [2.24, 2.45) is 11.7 Å². The first-order valence-electron chi connectivity index (χ1n) is 11.5. The zero-order valence-electron chi connectivity index (χ0n) is 20.5. The number of nitrogens with zero attached hydrogens (tertiary/aromatic N) is 1. The molecule has 2 amide bonds. The van der Waals surface area contributed by atoms with Crippen LogP contribution in [-0.4, -0.2) is 37.9 Å². The molecule has 0 fully saturated rings. The molecule has 0 atom stereocenters. The lowest BCUT2D eigenvalue weighted by Crippen LogP contribution is -2.41. The lowest BCUT2D eigenvalue weighted by molar-refractivity contribution is -0.143. The summed E-state index contributed by atoms with van der Waals surface area (Å²) < 4.78 is 39.1. The molecule has 0 saturated carbocycles. The molecule has 3 aromatic carbocycles. The molecule has 3 rings (SSSR count). The van der Waals surface area contributed by atoms with Gasteiger partial charge in [0.1, 0.15) is 5.82 Å². The number of halogens is 1. The highest BCUT2D eigenvalue weighted by molar-refractivity contribution is 7.90. The van der Waals surface area contributed by atoms with Crippen molar-refractivity contribution in [1.82, 2.24) is 4.90 Å². The summed E-state index contributed by atoms with van der Waals surface area (Å²) in [6.45, 7) is 4.77. The van der Waals surface area contributed by atoms with E-state index in [2.05, 4.69) is 5.32 Å². The van der Waals surface area contributed by atoms with Gasteiger partial charge in [-0.15, -0.1) is 0 Å². The molecule has 0 spiro atoms. The Kier molecular flexibility index (Phi) is 8.60. The molecule has 0 heterocycles. The molecule has 0 unspecified atom stereocenters. The quantitative estimate of drug-likeness (QED) is 0.445. The molecule has 3 N–H and O–H groups in total. The number of nitrogens with one attached hydrogen (secondary N) is 1. The van der Waals surface area contributed by atoms with Gasteiger partial charge in [-0.3, -0.25) is 9.59 Å². The highest BCUT2D eigenvalue weighted by atomic mass is 32.2. The number of amides is 2. The van der Waals surface area contributed by atoms with Gasteiger partial charge < -0.3 is 16.0 Å². The van der Waals surface area contributed by atoms with Gasteiger partial charge in [0.25, 0.3) is 0 Å². The summed E-state index contributed by atoms with van der Waals surface area (Å²) in [4.78, 5) is 27.3. The highest BCUT2D eigenvalue weighted by Crippen LogP contribution is 2.30. The molecule has 0 saturated heterocycles. The van der Waals surface area contributed by atoms with E-state index in [4.69, 9.17) is 5.73 Å². The third-order valence-corrected chi connectivity index (χ3v) is 6.64. The van der Waals surface area contributed by atoms with Crippen molar-refractivity contribution in [2.45, 2.75) is 31.8 Å². The minimum atomic E-state index is -3.53. The molecular weight excluding hydrogens is 481 g/mol. The van der Waals surface area contributed by atoms with E-state index in [0.29, 0.717) is 24.2 Å². The second-order valence-corrected chi connectivity index (χ2v) is 11.0. The Labute approximate surface area is 211 Å². The second kappa shape index (κ2) is 11.5. The van der Waals surface area contributed by atoms with E-state index in [1.165, 1.54) is 23.1 Å². The van der Waals surface area contributed by atoms with Crippen molar-refractivity contribution in [2.75, 3.05) is 18.1 Å². The molecule has 0 aromatic heterocycles. The van der Waals surface area contributed by atoms with Crippen LogP contribution in [0.15, 0.2) is 71.6 Å². The van der Waals surface area contributed by atoms with Crippen molar-refractivity contribution in [3.05, 3.63) is 83.7 Å². The van der Waals surface area contributed by atoms with Crippen LogP contribution < -0.4 is 11.1 Å². The van der Waals surface area contributed by atoms with Crippen molar-refractivity contribution in [1.29, 1.82) is 0 Å². The summed E-state index contributed by atoms with van der Waals surface area (Å²) in [5.74, 6) is -2.44. The van der Waals surface area contributed by atoms with Crippen molar-refractivity contribution in [3.63, 3.8) is 0 Å². The van der Waals surface area contributed by atoms with Crippen LogP contribution in [0.3, 0.4) is 0 Å². The van der Waals surface area contributed by atoms with E-state index < -0.39 is 27.5 Å². The van der Waals surface area contributed by atoms with E-state index in [-0.39, 0.29) is 23.0 Å². The zero-order chi connectivity index (χ0) is 26.5. The maximum Gasteiger partial charge on any atom is 0.313 e. The van der Waals surface area contributed by atoms with Gasteiger partial charge in [-0.25, -0.2) is 12.8 Å². The first-order valence-corrected chi connectivity index (χ1v) is 13.4. The summed E-state index contributed by atoms with van der Waals surface area (Å²) in [5, 5.41) is 2.35. The first-order chi connectivity index (χ1) is 17.0. The molecular formula is C27H30FN3O4S. The number of hydrogen-bond donors (Lipinski definition) is 2. The van der Waals surface area contributed by atoms with Crippen LogP contribution in [-0.2, 0) is 32.5 Å². The lowest BCUT2D eigenvalue weighted by Gasteiger charge is -2.24. The van der Waals surface area contributed by atoms with Gasteiger partial charge in [0.05, 0.1) is 10.6 Å². The predicted molar refractivity (Wildman–Crippen MR) is 138 cm³/mol. The van der Waals surface area contributed by atoms with E-state index in [1.54, 1.807) is 18.2 Å². The zero-order valence-corrected chi connectivity index (χ0v) is 21.3. The van der Waals surface area contributed by atoms with E-state index in [0.717, 1.165) is 23.4 Å². The summed E-state index contributed by atoms with van der Waals surface area (Å²) in [5.41, 5.74) is 7.95. The van der Waals surface area contributed by atoms with Crippen molar-refractivity contribution >= 4 is 27.3 Å². The van der Waals surface area contributed by atoms with Crippen LogP contribution in [0.4, 0.5) is 10.1 Å². The molecule has 0 bridgehead atoms. The van der Waals surface area contributed by atoms with E-state index in [9.17, 15) is 22.4 Å². The first kappa shape index (κ1) is 27.0. The molecule has 36 heavy (non-hydrogen) atoms. The summed E-state index contributed by atoms with van der Waals surface area (Å²) in [6.07, 6.45) is 1.08. The Morgan fingerprint density at radius 2 is 1.69 bits per heavy atom. The Hall–Kier alpha value is -3.56. The molecule has 7 nitrogen and oxygen atoms in total. The number of benzene rings is 3. The number of hydrogen-bond acceptors (Lipinski definition) is 5. The average Bonchev–Trinajstić information content (AvgIpc) is 2.83. The van der Waals surface area contributed by atoms with Gasteiger partial charge in [-0.1, -0.05) is 62.4 Å². The third kappa shape index (κ3) is 6.77. The molecule has 0 radical (unpaired) electrons. The van der Waals surface area contributed by atoms with Crippen LogP contribution in [0.25, 0.3) is 11.1 Å². The maximum atomic E-state index is 14.9. The van der Waals surface area contributed by atoms with Gasteiger partial charge >= 0.3 is 11.8 Å². The fraction of sp³-hybridized carbons (Fsp3) is 0.259. The predicted octanol–water partition coefficient (Wildman–Crippen LogP) is 3.98. The van der Waals surface area contributed by atoms with Crippen LogP contribution in [0.2, 0.25) is 0 Å². The van der Waals surface area contributed by atoms with Crippen LogP contribution in [0.1, 0.15) is 25.0 Å². The summed E-state index contributed by atoms with van der Waals surface area (Å²) in [7, 11) is -3.53. The fourth-order valence-corrected chi connectivity index (χ4v) is 4.78. The van der Waals surface area contributed by atoms with Gasteiger partial charge in [0.2, 0.25) is 0 Å². The van der Waals surface area contributed by atoms with Gasteiger partial charge in [0, 0.05) is 31.5 Å². The Balaban J connectivity index is 1.81. The van der Waals surface area contributed by atoms with E-state index >= 15 is 0 Å². The van der Waals surface area contributed by atoms with Crippen LogP contribution >= 0.6 is 0 Å².